The fourth-order valence-electron chi connectivity index (χ4n) is 1.06. The van der Waals surface area contributed by atoms with Crippen LogP contribution < -0.4 is 0 Å². The second-order valence-corrected chi connectivity index (χ2v) is 2.94. The third-order valence-corrected chi connectivity index (χ3v) is 1.73. The Kier molecular flexibility index (Phi) is 5.81. The van der Waals surface area contributed by atoms with Gasteiger partial charge in [-0.25, -0.2) is 0 Å². The molecule has 0 aliphatic carbocycles. The van der Waals surface area contributed by atoms with Gasteiger partial charge in [0.1, 0.15) is 0 Å². The van der Waals surface area contributed by atoms with Crippen LogP contribution in [0.5, 0.6) is 0 Å². The van der Waals surface area contributed by atoms with E-state index in [1.54, 1.807) is 0 Å². The summed E-state index contributed by atoms with van der Waals surface area (Å²) in [4.78, 5) is 0. The minimum absolute atomic E-state index is 0.679. The van der Waals surface area contributed by atoms with Gasteiger partial charge in [0, 0.05) is 5.71 Å². The summed E-state index contributed by atoms with van der Waals surface area (Å²) in [6, 6.07) is 0. The van der Waals surface area contributed by atoms with Gasteiger partial charge in [-0.2, -0.15) is 0 Å². The molecule has 0 aliphatic rings. The number of hydrogen-bond acceptors (Lipinski definition) is 1. The Labute approximate surface area is 70.0 Å². The molecule has 0 aromatic carbocycles. The number of allylic oxidation sites excluding steroid dienone is 2. The van der Waals surface area contributed by atoms with Crippen molar-refractivity contribution < 1.29 is 0 Å². The van der Waals surface area contributed by atoms with Crippen LogP contribution in [0.2, 0.25) is 0 Å². The third-order valence-electron chi connectivity index (χ3n) is 1.73. The van der Waals surface area contributed by atoms with Crippen LogP contribution in [0.25, 0.3) is 0 Å². The highest BCUT2D eigenvalue weighted by Crippen LogP contribution is 2.10. The van der Waals surface area contributed by atoms with Crippen molar-refractivity contribution in [3.05, 3.63) is 11.6 Å². The molecular formula is C10H19N. The summed E-state index contributed by atoms with van der Waals surface area (Å²) in [5, 5.41) is 7.29. The Hall–Kier alpha value is -0.590. The summed E-state index contributed by atoms with van der Waals surface area (Å²) >= 11 is 0. The van der Waals surface area contributed by atoms with Crippen molar-refractivity contribution in [2.45, 2.75) is 46.5 Å². The van der Waals surface area contributed by atoms with Gasteiger partial charge in [-0.1, -0.05) is 25.8 Å². The van der Waals surface area contributed by atoms with Gasteiger partial charge in [-0.15, -0.1) is 0 Å². The maximum atomic E-state index is 7.29. The standard InChI is InChI=1S/C10H19N/c1-4-6-7-10(5-2)8-9(3)11/h8,11H,4-7H2,1-3H3. The van der Waals surface area contributed by atoms with E-state index in [1.807, 2.05) is 13.0 Å². The first kappa shape index (κ1) is 10.4. The highest BCUT2D eigenvalue weighted by molar-refractivity contribution is 5.90. The first-order chi connectivity index (χ1) is 5.20. The molecule has 64 valence electrons. The van der Waals surface area contributed by atoms with E-state index in [4.69, 9.17) is 5.41 Å². The van der Waals surface area contributed by atoms with Gasteiger partial charge in [-0.3, -0.25) is 0 Å². The molecule has 0 spiro atoms. The van der Waals surface area contributed by atoms with Crippen LogP contribution >= 0.6 is 0 Å². The van der Waals surface area contributed by atoms with E-state index in [0.717, 1.165) is 6.42 Å². The van der Waals surface area contributed by atoms with Gasteiger partial charge in [0.25, 0.3) is 0 Å². The Bertz CT molecular complexity index is 145. The number of hydrogen-bond donors (Lipinski definition) is 1. The topological polar surface area (TPSA) is 23.9 Å². The molecule has 0 bridgehead atoms. The highest BCUT2D eigenvalue weighted by atomic mass is 14.4. The first-order valence-corrected chi connectivity index (χ1v) is 4.45. The van der Waals surface area contributed by atoms with Gasteiger partial charge >= 0.3 is 0 Å². The van der Waals surface area contributed by atoms with E-state index in [1.165, 1.54) is 24.8 Å². The van der Waals surface area contributed by atoms with Gasteiger partial charge < -0.3 is 5.41 Å². The Balaban J connectivity index is 3.84. The second-order valence-electron chi connectivity index (χ2n) is 2.94. The minimum Gasteiger partial charge on any atom is -0.306 e. The molecule has 0 aliphatic heterocycles. The molecule has 0 fully saturated rings. The number of unbranched alkanes of at least 4 members (excludes halogenated alkanes) is 1. The molecule has 11 heavy (non-hydrogen) atoms. The van der Waals surface area contributed by atoms with Gasteiger partial charge in [0.05, 0.1) is 0 Å². The lowest BCUT2D eigenvalue weighted by molar-refractivity contribution is 0.767. The van der Waals surface area contributed by atoms with Crippen LogP contribution in [-0.4, -0.2) is 5.71 Å². The first-order valence-electron chi connectivity index (χ1n) is 4.45. The average Bonchev–Trinajstić information content (AvgIpc) is 1.97. The molecule has 0 amide bonds. The van der Waals surface area contributed by atoms with E-state index in [0.29, 0.717) is 5.71 Å². The SMILES string of the molecule is CCCCC(=CC(C)=N)CC. The fourth-order valence-corrected chi connectivity index (χ4v) is 1.06. The molecule has 0 aromatic heterocycles. The molecule has 0 heterocycles. The summed E-state index contributed by atoms with van der Waals surface area (Å²) < 4.78 is 0. The molecule has 0 atom stereocenters. The summed E-state index contributed by atoms with van der Waals surface area (Å²) in [6.45, 7) is 6.19. The molecule has 0 unspecified atom stereocenters. The summed E-state index contributed by atoms with van der Waals surface area (Å²) in [5.41, 5.74) is 2.09. The predicted octanol–water partition coefficient (Wildman–Crippen LogP) is 3.55. The molecule has 0 aromatic rings. The monoisotopic (exact) mass is 153 g/mol. The van der Waals surface area contributed by atoms with Crippen molar-refractivity contribution >= 4 is 5.71 Å². The third kappa shape index (κ3) is 5.84. The van der Waals surface area contributed by atoms with E-state index in [9.17, 15) is 0 Å². The number of nitrogens with one attached hydrogen (secondary N) is 1. The van der Waals surface area contributed by atoms with Crippen LogP contribution in [0.4, 0.5) is 0 Å². The van der Waals surface area contributed by atoms with E-state index in [2.05, 4.69) is 13.8 Å². The van der Waals surface area contributed by atoms with Crippen LogP contribution in [-0.2, 0) is 0 Å². The molecule has 0 saturated heterocycles. The highest BCUT2D eigenvalue weighted by Gasteiger charge is 1.93. The maximum absolute atomic E-state index is 7.29. The van der Waals surface area contributed by atoms with Crippen molar-refractivity contribution in [3.8, 4) is 0 Å². The van der Waals surface area contributed by atoms with Crippen molar-refractivity contribution in [2.24, 2.45) is 0 Å². The summed E-state index contributed by atoms with van der Waals surface area (Å²) in [5.74, 6) is 0. The fraction of sp³-hybridized carbons (Fsp3) is 0.700. The maximum Gasteiger partial charge on any atom is 0.0282 e. The Morgan fingerprint density at radius 2 is 2.00 bits per heavy atom. The lowest BCUT2D eigenvalue weighted by Crippen LogP contribution is -1.87. The molecule has 0 rings (SSSR count). The zero-order valence-electron chi connectivity index (χ0n) is 7.91. The van der Waals surface area contributed by atoms with Crippen molar-refractivity contribution in [1.29, 1.82) is 5.41 Å². The summed E-state index contributed by atoms with van der Waals surface area (Å²) in [6.07, 6.45) is 6.76. The smallest absolute Gasteiger partial charge is 0.0282 e. The van der Waals surface area contributed by atoms with E-state index < -0.39 is 0 Å². The molecule has 1 heteroatoms. The molecule has 0 saturated carbocycles. The zero-order chi connectivity index (χ0) is 8.69. The van der Waals surface area contributed by atoms with E-state index in [-0.39, 0.29) is 0 Å². The molecular weight excluding hydrogens is 134 g/mol. The van der Waals surface area contributed by atoms with Gasteiger partial charge in [0.2, 0.25) is 0 Å². The largest absolute Gasteiger partial charge is 0.306 e. The normalized spacial score (nSPS) is 11.7. The van der Waals surface area contributed by atoms with Crippen molar-refractivity contribution in [2.75, 3.05) is 0 Å². The quantitative estimate of drug-likeness (QED) is 0.584. The Morgan fingerprint density at radius 3 is 2.36 bits per heavy atom. The van der Waals surface area contributed by atoms with Gasteiger partial charge in [-0.05, 0) is 32.3 Å². The van der Waals surface area contributed by atoms with Crippen LogP contribution in [0, 0.1) is 5.41 Å². The molecule has 0 radical (unpaired) electrons. The number of rotatable bonds is 5. The van der Waals surface area contributed by atoms with Gasteiger partial charge in [0.15, 0.2) is 0 Å². The zero-order valence-corrected chi connectivity index (χ0v) is 7.91. The predicted molar refractivity (Wildman–Crippen MR) is 51.3 cm³/mol. The van der Waals surface area contributed by atoms with Crippen LogP contribution in [0.3, 0.4) is 0 Å². The average molecular weight is 153 g/mol. The minimum atomic E-state index is 0.679. The summed E-state index contributed by atoms with van der Waals surface area (Å²) in [7, 11) is 0. The molecule has 1 nitrogen and oxygen atoms in total. The van der Waals surface area contributed by atoms with Crippen molar-refractivity contribution in [3.63, 3.8) is 0 Å². The lowest BCUT2D eigenvalue weighted by Gasteiger charge is -2.01. The Morgan fingerprint density at radius 1 is 1.36 bits per heavy atom. The second kappa shape index (κ2) is 6.14. The van der Waals surface area contributed by atoms with Crippen molar-refractivity contribution in [1.82, 2.24) is 0 Å². The molecule has 1 N–H and O–H groups in total. The van der Waals surface area contributed by atoms with Crippen LogP contribution in [0.1, 0.15) is 46.5 Å². The van der Waals surface area contributed by atoms with E-state index >= 15 is 0 Å². The van der Waals surface area contributed by atoms with Crippen LogP contribution in [0.15, 0.2) is 11.6 Å². The lowest BCUT2D eigenvalue weighted by atomic mass is 10.1.